The minimum absolute atomic E-state index is 0. The molecule has 0 saturated carbocycles. The predicted molar refractivity (Wildman–Crippen MR) is 46.1 cm³/mol. The Morgan fingerprint density at radius 3 is 3.33 bits per heavy atom. The standard InChI is InChI=1S/C8H8N2O2.H2/c1-2-5-3-4-9-7-6(5)12-8(11)10-7;/h3-4H,2H2,1H3,(H,9,10,11);1H. The highest BCUT2D eigenvalue weighted by atomic mass is 16.4. The van der Waals surface area contributed by atoms with E-state index in [-0.39, 0.29) is 1.43 Å². The van der Waals surface area contributed by atoms with Crippen molar-refractivity contribution in [3.05, 3.63) is 28.4 Å². The number of hydrogen-bond donors (Lipinski definition) is 1. The molecule has 0 amide bonds. The summed E-state index contributed by atoms with van der Waals surface area (Å²) in [5, 5.41) is 0. The summed E-state index contributed by atoms with van der Waals surface area (Å²) in [6, 6.07) is 1.85. The molecule has 0 atom stereocenters. The van der Waals surface area contributed by atoms with Crippen LogP contribution in [-0.4, -0.2) is 9.97 Å². The van der Waals surface area contributed by atoms with Crippen molar-refractivity contribution in [2.75, 3.05) is 0 Å². The summed E-state index contributed by atoms with van der Waals surface area (Å²) in [6.45, 7) is 2.00. The van der Waals surface area contributed by atoms with Gasteiger partial charge in [0, 0.05) is 13.2 Å². The molecule has 0 fully saturated rings. The Kier molecular flexibility index (Phi) is 1.46. The third kappa shape index (κ3) is 0.922. The maximum absolute atomic E-state index is 10.8. The van der Waals surface area contributed by atoms with Gasteiger partial charge in [-0.1, -0.05) is 6.92 Å². The van der Waals surface area contributed by atoms with Gasteiger partial charge in [0.1, 0.15) is 0 Å². The van der Waals surface area contributed by atoms with Gasteiger partial charge >= 0.3 is 5.76 Å². The molecule has 0 aliphatic heterocycles. The Morgan fingerprint density at radius 2 is 2.58 bits per heavy atom. The predicted octanol–water partition coefficient (Wildman–Crippen LogP) is 1.32. The molecule has 0 aliphatic rings. The number of nitrogens with one attached hydrogen (secondary N) is 1. The van der Waals surface area contributed by atoms with Crippen LogP contribution in [0.3, 0.4) is 0 Å². The first-order valence-corrected chi connectivity index (χ1v) is 3.78. The first-order chi connectivity index (χ1) is 5.81. The number of aryl methyl sites for hydroxylation is 1. The highest BCUT2D eigenvalue weighted by Gasteiger charge is 2.04. The van der Waals surface area contributed by atoms with E-state index < -0.39 is 5.76 Å². The van der Waals surface area contributed by atoms with Crippen molar-refractivity contribution in [3.8, 4) is 0 Å². The summed E-state index contributed by atoms with van der Waals surface area (Å²) in [6.07, 6.45) is 2.49. The van der Waals surface area contributed by atoms with Crippen molar-refractivity contribution in [1.82, 2.24) is 9.97 Å². The van der Waals surface area contributed by atoms with Crippen LogP contribution in [0.5, 0.6) is 0 Å². The van der Waals surface area contributed by atoms with Crippen molar-refractivity contribution < 1.29 is 5.84 Å². The number of oxazole rings is 1. The van der Waals surface area contributed by atoms with E-state index in [1.807, 2.05) is 13.0 Å². The number of H-pyrrole nitrogens is 1. The zero-order valence-electron chi connectivity index (χ0n) is 6.63. The summed E-state index contributed by atoms with van der Waals surface area (Å²) in [5.41, 5.74) is 2.10. The second-order valence-corrected chi connectivity index (χ2v) is 2.52. The maximum atomic E-state index is 10.8. The normalized spacial score (nSPS) is 10.8. The van der Waals surface area contributed by atoms with Gasteiger partial charge in [-0.2, -0.15) is 0 Å². The van der Waals surface area contributed by atoms with Crippen LogP contribution in [0.4, 0.5) is 0 Å². The number of aromatic nitrogens is 2. The van der Waals surface area contributed by atoms with E-state index in [1.165, 1.54) is 0 Å². The Morgan fingerprint density at radius 1 is 1.75 bits per heavy atom. The molecular weight excluding hydrogens is 156 g/mol. The highest BCUT2D eigenvalue weighted by Crippen LogP contribution is 2.12. The summed E-state index contributed by atoms with van der Waals surface area (Å²) in [7, 11) is 0. The number of rotatable bonds is 1. The number of nitrogens with zero attached hydrogens (tertiary/aromatic N) is 1. The van der Waals surface area contributed by atoms with Crippen molar-refractivity contribution in [1.29, 1.82) is 0 Å². The van der Waals surface area contributed by atoms with Crippen LogP contribution in [0.15, 0.2) is 21.5 Å². The topological polar surface area (TPSA) is 58.9 Å². The fourth-order valence-corrected chi connectivity index (χ4v) is 1.18. The van der Waals surface area contributed by atoms with E-state index in [1.54, 1.807) is 6.20 Å². The second-order valence-electron chi connectivity index (χ2n) is 2.52. The van der Waals surface area contributed by atoms with Gasteiger partial charge in [0.25, 0.3) is 0 Å². The summed E-state index contributed by atoms with van der Waals surface area (Å²) in [5.74, 6) is -0.446. The third-order valence-corrected chi connectivity index (χ3v) is 1.78. The van der Waals surface area contributed by atoms with Gasteiger partial charge in [-0.25, -0.2) is 9.78 Å². The number of aromatic amines is 1. The first kappa shape index (κ1) is 7.09. The van der Waals surface area contributed by atoms with Gasteiger partial charge in [0.05, 0.1) is 0 Å². The van der Waals surface area contributed by atoms with E-state index in [0.717, 1.165) is 12.0 Å². The third-order valence-electron chi connectivity index (χ3n) is 1.78. The molecule has 2 aromatic rings. The lowest BCUT2D eigenvalue weighted by Crippen LogP contribution is -1.93. The van der Waals surface area contributed by atoms with Gasteiger partial charge in [-0.3, -0.25) is 4.98 Å². The molecule has 0 aliphatic carbocycles. The van der Waals surface area contributed by atoms with E-state index in [2.05, 4.69) is 9.97 Å². The molecule has 2 heterocycles. The van der Waals surface area contributed by atoms with E-state index in [9.17, 15) is 4.79 Å². The van der Waals surface area contributed by atoms with Crippen LogP contribution in [0, 0.1) is 0 Å². The van der Waals surface area contributed by atoms with Gasteiger partial charge in [0.2, 0.25) is 0 Å². The molecule has 4 nitrogen and oxygen atoms in total. The van der Waals surface area contributed by atoms with Gasteiger partial charge in [0.15, 0.2) is 11.2 Å². The van der Waals surface area contributed by atoms with Crippen LogP contribution in [-0.2, 0) is 6.42 Å². The second kappa shape index (κ2) is 2.48. The molecule has 0 radical (unpaired) electrons. The molecule has 0 spiro atoms. The van der Waals surface area contributed by atoms with E-state index in [0.29, 0.717) is 11.2 Å². The average molecular weight is 166 g/mol. The summed E-state index contributed by atoms with van der Waals surface area (Å²) < 4.78 is 4.92. The Hall–Kier alpha value is -1.58. The molecular formula is C8H10N2O2. The molecule has 0 bridgehead atoms. The molecule has 0 aromatic carbocycles. The number of fused-ring (bicyclic) bond motifs is 1. The van der Waals surface area contributed by atoms with Crippen LogP contribution in [0.25, 0.3) is 11.2 Å². The minimum atomic E-state index is -0.446. The Bertz CT molecular complexity index is 460. The van der Waals surface area contributed by atoms with Gasteiger partial charge in [-0.05, 0) is 12.5 Å². The molecule has 64 valence electrons. The van der Waals surface area contributed by atoms with Crippen molar-refractivity contribution in [2.45, 2.75) is 13.3 Å². The van der Waals surface area contributed by atoms with Gasteiger partial charge < -0.3 is 4.42 Å². The fraction of sp³-hybridized carbons (Fsp3) is 0.250. The molecule has 0 saturated heterocycles. The van der Waals surface area contributed by atoms with Crippen molar-refractivity contribution in [2.24, 2.45) is 0 Å². The summed E-state index contributed by atoms with van der Waals surface area (Å²) in [4.78, 5) is 17.3. The zero-order chi connectivity index (χ0) is 8.55. The minimum Gasteiger partial charge on any atom is -0.406 e. The lowest BCUT2D eigenvalue weighted by Gasteiger charge is -1.93. The number of pyridine rings is 1. The van der Waals surface area contributed by atoms with Crippen LogP contribution >= 0.6 is 0 Å². The quantitative estimate of drug-likeness (QED) is 0.695. The lowest BCUT2D eigenvalue weighted by atomic mass is 10.2. The van der Waals surface area contributed by atoms with Crippen LogP contribution in [0.1, 0.15) is 13.9 Å². The lowest BCUT2D eigenvalue weighted by molar-refractivity contribution is 0.552. The Labute approximate surface area is 69.7 Å². The molecule has 2 rings (SSSR count). The average Bonchev–Trinajstić information content (AvgIpc) is 2.44. The smallest absolute Gasteiger partial charge is 0.406 e. The van der Waals surface area contributed by atoms with Crippen LogP contribution < -0.4 is 5.76 Å². The monoisotopic (exact) mass is 166 g/mol. The first-order valence-electron chi connectivity index (χ1n) is 3.78. The molecule has 4 heteroatoms. The molecule has 1 N–H and O–H groups in total. The van der Waals surface area contributed by atoms with E-state index >= 15 is 0 Å². The largest absolute Gasteiger partial charge is 0.418 e. The van der Waals surface area contributed by atoms with Crippen molar-refractivity contribution >= 4 is 11.2 Å². The summed E-state index contributed by atoms with van der Waals surface area (Å²) >= 11 is 0. The zero-order valence-corrected chi connectivity index (χ0v) is 6.63. The van der Waals surface area contributed by atoms with E-state index in [4.69, 9.17) is 4.42 Å². The highest BCUT2D eigenvalue weighted by molar-refractivity contribution is 5.71. The Balaban J connectivity index is 0.000000845. The van der Waals surface area contributed by atoms with Gasteiger partial charge in [-0.15, -0.1) is 0 Å². The number of hydrogen-bond acceptors (Lipinski definition) is 3. The molecule has 0 unspecified atom stereocenters. The van der Waals surface area contributed by atoms with Crippen molar-refractivity contribution in [3.63, 3.8) is 0 Å². The fourth-order valence-electron chi connectivity index (χ4n) is 1.18. The SMILES string of the molecule is CCc1ccnc2[nH]c(=O)oc12.[HH]. The molecule has 12 heavy (non-hydrogen) atoms. The maximum Gasteiger partial charge on any atom is 0.418 e. The molecule has 2 aromatic heterocycles. The van der Waals surface area contributed by atoms with Crippen LogP contribution in [0.2, 0.25) is 0 Å².